The maximum atomic E-state index is 14.0. The van der Waals surface area contributed by atoms with Crippen LogP contribution in [-0.2, 0) is 6.54 Å². The van der Waals surface area contributed by atoms with Gasteiger partial charge in [0.2, 0.25) is 0 Å². The molecule has 0 aliphatic carbocycles. The maximum absolute atomic E-state index is 14.0. The molecule has 1 aliphatic rings. The van der Waals surface area contributed by atoms with Crippen LogP contribution in [0, 0.1) is 11.6 Å². The number of anilines is 4. The average Bonchev–Trinajstić information content (AvgIpc) is 2.79. The number of halogens is 2. The van der Waals surface area contributed by atoms with Gasteiger partial charge in [0.15, 0.2) is 0 Å². The highest BCUT2D eigenvalue weighted by Gasteiger charge is 2.21. The van der Waals surface area contributed by atoms with Crippen molar-refractivity contribution in [3.63, 3.8) is 0 Å². The fourth-order valence-electron chi connectivity index (χ4n) is 4.20. The third-order valence-corrected chi connectivity index (χ3v) is 5.69. The van der Waals surface area contributed by atoms with Gasteiger partial charge in [-0.25, -0.2) is 13.8 Å². The number of amides is 1. The van der Waals surface area contributed by atoms with E-state index < -0.39 is 17.5 Å². The van der Waals surface area contributed by atoms with E-state index in [1.807, 2.05) is 18.2 Å². The van der Waals surface area contributed by atoms with E-state index in [0.717, 1.165) is 42.7 Å². The van der Waals surface area contributed by atoms with E-state index >= 15 is 0 Å². The second-order valence-electron chi connectivity index (χ2n) is 8.62. The molecule has 9 heteroatoms. The SMILES string of the molecule is CC1CN(c2cccc(Nc3cc(NCc4cc(F)ccc4F)c(C(N)=O)cn3)c2)CC(C)N1. The summed E-state index contributed by atoms with van der Waals surface area (Å²) in [5.41, 5.74) is 8.06. The molecule has 7 nitrogen and oxygen atoms in total. The normalized spacial score (nSPS) is 17.9. The number of nitrogens with zero attached hydrogens (tertiary/aromatic N) is 2. The molecule has 3 aromatic rings. The van der Waals surface area contributed by atoms with Gasteiger partial charge in [0.05, 0.1) is 11.3 Å². The van der Waals surface area contributed by atoms with Crippen molar-refractivity contribution in [2.24, 2.45) is 5.73 Å². The van der Waals surface area contributed by atoms with Crippen molar-refractivity contribution in [2.45, 2.75) is 32.5 Å². The molecule has 0 saturated carbocycles. The number of piperazine rings is 1. The molecule has 2 unspecified atom stereocenters. The zero-order valence-corrected chi connectivity index (χ0v) is 19.1. The fourth-order valence-corrected chi connectivity index (χ4v) is 4.20. The van der Waals surface area contributed by atoms with Gasteiger partial charge >= 0.3 is 0 Å². The van der Waals surface area contributed by atoms with Gasteiger partial charge in [-0.1, -0.05) is 6.07 Å². The lowest BCUT2D eigenvalue weighted by atomic mass is 10.1. The van der Waals surface area contributed by atoms with Crippen LogP contribution in [0.3, 0.4) is 0 Å². The second kappa shape index (κ2) is 10.0. The van der Waals surface area contributed by atoms with E-state index in [0.29, 0.717) is 23.6 Å². The first-order valence-corrected chi connectivity index (χ1v) is 11.1. The minimum absolute atomic E-state index is 0.0256. The van der Waals surface area contributed by atoms with Crippen molar-refractivity contribution in [2.75, 3.05) is 28.6 Å². The number of carbonyl (C=O) groups is 1. The van der Waals surface area contributed by atoms with Crippen LogP contribution in [0.2, 0.25) is 0 Å². The predicted octanol–water partition coefficient (Wildman–Crippen LogP) is 4.00. The molecule has 1 aliphatic heterocycles. The highest BCUT2D eigenvalue weighted by molar-refractivity contribution is 5.98. The average molecular weight is 467 g/mol. The van der Waals surface area contributed by atoms with Crippen LogP contribution >= 0.6 is 0 Å². The topological polar surface area (TPSA) is 95.3 Å². The maximum Gasteiger partial charge on any atom is 0.252 e. The standard InChI is InChI=1S/C25H28F2N6O/c1-15-13-33(14-16(2)31-15)20-5-3-4-19(9-20)32-24-10-23(21(12-30-24)25(28)34)29-11-17-8-18(26)6-7-22(17)27/h3-10,12,15-16,31H,11,13-14H2,1-2H3,(H2,28,34)(H2,29,30,32). The molecule has 2 heterocycles. The Morgan fingerprint density at radius 1 is 1.15 bits per heavy atom. The zero-order chi connectivity index (χ0) is 24.2. The van der Waals surface area contributed by atoms with Crippen molar-refractivity contribution >= 4 is 28.8 Å². The molecule has 1 saturated heterocycles. The van der Waals surface area contributed by atoms with Gasteiger partial charge in [0.25, 0.3) is 5.91 Å². The highest BCUT2D eigenvalue weighted by atomic mass is 19.1. The Balaban J connectivity index is 1.53. The van der Waals surface area contributed by atoms with Crippen LogP contribution < -0.4 is 26.6 Å². The van der Waals surface area contributed by atoms with Crippen molar-refractivity contribution < 1.29 is 13.6 Å². The fraction of sp³-hybridized carbons (Fsp3) is 0.280. The van der Waals surface area contributed by atoms with Crippen LogP contribution in [0.5, 0.6) is 0 Å². The van der Waals surface area contributed by atoms with Crippen molar-refractivity contribution in [1.29, 1.82) is 0 Å². The lowest BCUT2D eigenvalue weighted by molar-refractivity contribution is 0.100. The Hall–Kier alpha value is -3.72. The number of nitrogens with one attached hydrogen (secondary N) is 3. The van der Waals surface area contributed by atoms with Crippen LogP contribution in [0.1, 0.15) is 29.8 Å². The minimum atomic E-state index is -0.676. The Morgan fingerprint density at radius 3 is 2.65 bits per heavy atom. The van der Waals surface area contributed by atoms with E-state index in [2.05, 4.69) is 45.7 Å². The van der Waals surface area contributed by atoms with Gasteiger partial charge in [-0.05, 0) is 50.2 Å². The molecule has 0 radical (unpaired) electrons. The van der Waals surface area contributed by atoms with Crippen LogP contribution in [-0.4, -0.2) is 36.1 Å². The number of hydrogen-bond donors (Lipinski definition) is 4. The zero-order valence-electron chi connectivity index (χ0n) is 19.1. The summed E-state index contributed by atoms with van der Waals surface area (Å²) in [6.07, 6.45) is 1.36. The summed E-state index contributed by atoms with van der Waals surface area (Å²) < 4.78 is 27.5. The Kier molecular flexibility index (Phi) is 6.93. The van der Waals surface area contributed by atoms with Gasteiger partial charge in [-0.15, -0.1) is 0 Å². The summed E-state index contributed by atoms with van der Waals surface area (Å²) in [5, 5.41) is 9.75. The summed E-state index contributed by atoms with van der Waals surface area (Å²) in [4.78, 5) is 18.5. The lowest BCUT2D eigenvalue weighted by Crippen LogP contribution is -2.54. The first-order valence-electron chi connectivity index (χ1n) is 11.1. The van der Waals surface area contributed by atoms with Gasteiger partial charge in [0, 0.05) is 60.9 Å². The molecule has 5 N–H and O–H groups in total. The van der Waals surface area contributed by atoms with Gasteiger partial charge in [-0.3, -0.25) is 4.79 Å². The van der Waals surface area contributed by atoms with Gasteiger partial charge < -0.3 is 26.6 Å². The number of primary amides is 1. The van der Waals surface area contributed by atoms with Gasteiger partial charge in [-0.2, -0.15) is 0 Å². The van der Waals surface area contributed by atoms with Crippen molar-refractivity contribution in [3.8, 4) is 0 Å². The minimum Gasteiger partial charge on any atom is -0.380 e. The van der Waals surface area contributed by atoms with Crippen molar-refractivity contribution in [3.05, 3.63) is 77.5 Å². The molecule has 178 valence electrons. The molecule has 34 heavy (non-hydrogen) atoms. The molecule has 2 aromatic carbocycles. The smallest absolute Gasteiger partial charge is 0.252 e. The van der Waals surface area contributed by atoms with E-state index in [1.165, 1.54) is 6.20 Å². The molecule has 0 bridgehead atoms. The van der Waals surface area contributed by atoms with E-state index in [1.54, 1.807) is 6.07 Å². The number of benzene rings is 2. The molecule has 1 amide bonds. The number of rotatable bonds is 7. The van der Waals surface area contributed by atoms with Crippen LogP contribution in [0.25, 0.3) is 0 Å². The molecule has 1 aromatic heterocycles. The first-order chi connectivity index (χ1) is 16.3. The number of pyridine rings is 1. The highest BCUT2D eigenvalue weighted by Crippen LogP contribution is 2.26. The summed E-state index contributed by atoms with van der Waals surface area (Å²) >= 11 is 0. The van der Waals surface area contributed by atoms with Crippen LogP contribution in [0.15, 0.2) is 54.7 Å². The number of carbonyl (C=O) groups excluding carboxylic acids is 1. The Labute approximate surface area is 197 Å². The van der Waals surface area contributed by atoms with E-state index in [-0.39, 0.29) is 17.7 Å². The summed E-state index contributed by atoms with van der Waals surface area (Å²) in [5.74, 6) is -1.29. The summed E-state index contributed by atoms with van der Waals surface area (Å²) in [6.45, 7) is 6.12. The molecule has 2 atom stereocenters. The predicted molar refractivity (Wildman–Crippen MR) is 130 cm³/mol. The van der Waals surface area contributed by atoms with E-state index in [4.69, 9.17) is 5.73 Å². The monoisotopic (exact) mass is 466 g/mol. The Bertz CT molecular complexity index is 1180. The molecule has 1 fully saturated rings. The Morgan fingerprint density at radius 2 is 1.91 bits per heavy atom. The summed E-state index contributed by atoms with van der Waals surface area (Å²) in [7, 11) is 0. The first kappa shape index (κ1) is 23.4. The largest absolute Gasteiger partial charge is 0.380 e. The van der Waals surface area contributed by atoms with E-state index in [9.17, 15) is 13.6 Å². The molecular weight excluding hydrogens is 438 g/mol. The molecule has 0 spiro atoms. The molecular formula is C25H28F2N6O. The lowest BCUT2D eigenvalue weighted by Gasteiger charge is -2.37. The third kappa shape index (κ3) is 5.60. The quantitative estimate of drug-likeness (QED) is 0.421. The molecule has 4 rings (SSSR count). The second-order valence-corrected chi connectivity index (χ2v) is 8.62. The summed E-state index contributed by atoms with van der Waals surface area (Å²) in [6, 6.07) is 13.6. The third-order valence-electron chi connectivity index (χ3n) is 5.69. The number of aromatic nitrogens is 1. The number of nitrogens with two attached hydrogens (primary N) is 1. The van der Waals surface area contributed by atoms with Crippen molar-refractivity contribution in [1.82, 2.24) is 10.3 Å². The van der Waals surface area contributed by atoms with Crippen LogP contribution in [0.4, 0.5) is 31.7 Å². The number of hydrogen-bond acceptors (Lipinski definition) is 6. The van der Waals surface area contributed by atoms with Gasteiger partial charge in [0.1, 0.15) is 17.5 Å².